The zero-order chi connectivity index (χ0) is 18.3. The van der Waals surface area contributed by atoms with E-state index in [0.717, 1.165) is 5.56 Å². The van der Waals surface area contributed by atoms with E-state index < -0.39 is 17.0 Å². The first-order valence-corrected chi connectivity index (χ1v) is 7.77. The number of nitro benzene ring substituents is 1. The zero-order valence-corrected chi connectivity index (χ0v) is 14.1. The van der Waals surface area contributed by atoms with E-state index >= 15 is 0 Å². The van der Waals surface area contributed by atoms with Gasteiger partial charge in [-0.3, -0.25) is 19.7 Å². The van der Waals surface area contributed by atoms with Gasteiger partial charge in [-0.15, -0.1) is 0 Å². The number of carbonyl (C=O) groups excluding carboxylic acids is 2. The molecule has 24 heavy (non-hydrogen) atoms. The van der Waals surface area contributed by atoms with E-state index in [4.69, 9.17) is 5.73 Å². The van der Waals surface area contributed by atoms with Crippen LogP contribution < -0.4 is 16.4 Å². The van der Waals surface area contributed by atoms with Gasteiger partial charge in [0.1, 0.15) is 6.04 Å². The first kappa shape index (κ1) is 19.6. The normalized spacial score (nSPS) is 13.2. The van der Waals surface area contributed by atoms with Gasteiger partial charge in [-0.05, 0) is 24.8 Å². The maximum absolute atomic E-state index is 12.0. The topological polar surface area (TPSA) is 127 Å². The van der Waals surface area contributed by atoms with Gasteiger partial charge in [0.25, 0.3) is 5.69 Å². The third kappa shape index (κ3) is 6.33. The Bertz CT molecular complexity index is 586. The van der Waals surface area contributed by atoms with Crippen molar-refractivity contribution in [3.8, 4) is 0 Å². The average Bonchev–Trinajstić information content (AvgIpc) is 2.52. The van der Waals surface area contributed by atoms with Crippen LogP contribution in [0.2, 0.25) is 0 Å². The molecule has 0 bridgehead atoms. The molecule has 0 saturated heterocycles. The number of nitrogens with one attached hydrogen (secondary N) is 2. The van der Waals surface area contributed by atoms with E-state index in [1.165, 1.54) is 12.1 Å². The van der Waals surface area contributed by atoms with E-state index in [0.29, 0.717) is 6.42 Å². The second kappa shape index (κ2) is 8.97. The second-order valence-electron chi connectivity index (χ2n) is 6.11. The molecule has 1 rings (SSSR count). The quantitative estimate of drug-likeness (QED) is 0.483. The molecule has 2 amide bonds. The summed E-state index contributed by atoms with van der Waals surface area (Å²) in [4.78, 5) is 34.0. The lowest BCUT2D eigenvalue weighted by Crippen LogP contribution is -2.50. The molecule has 2 atom stereocenters. The van der Waals surface area contributed by atoms with Crippen LogP contribution >= 0.6 is 0 Å². The number of hydrogen-bond acceptors (Lipinski definition) is 5. The minimum absolute atomic E-state index is 0.00940. The minimum Gasteiger partial charge on any atom is -0.350 e. The van der Waals surface area contributed by atoms with Crippen molar-refractivity contribution in [3.63, 3.8) is 0 Å². The molecular weight excluding hydrogens is 312 g/mol. The summed E-state index contributed by atoms with van der Waals surface area (Å²) in [5, 5.41) is 15.8. The Hall–Kier alpha value is -2.48. The van der Waals surface area contributed by atoms with Gasteiger partial charge in [-0.1, -0.05) is 26.0 Å². The summed E-state index contributed by atoms with van der Waals surface area (Å²) >= 11 is 0. The van der Waals surface area contributed by atoms with Crippen molar-refractivity contribution in [2.45, 2.75) is 45.8 Å². The van der Waals surface area contributed by atoms with Crippen molar-refractivity contribution in [2.75, 3.05) is 0 Å². The van der Waals surface area contributed by atoms with Crippen LogP contribution in [-0.4, -0.2) is 28.8 Å². The van der Waals surface area contributed by atoms with Crippen LogP contribution in [0.25, 0.3) is 0 Å². The lowest BCUT2D eigenvalue weighted by atomic mass is 10.0. The summed E-state index contributed by atoms with van der Waals surface area (Å²) in [5.74, 6) is -0.419. The third-order valence-electron chi connectivity index (χ3n) is 3.43. The Morgan fingerprint density at radius 2 is 1.75 bits per heavy atom. The number of rotatable bonds is 8. The first-order chi connectivity index (χ1) is 11.2. The highest BCUT2D eigenvalue weighted by atomic mass is 16.6. The summed E-state index contributed by atoms with van der Waals surface area (Å²) in [6, 6.07) is 4.53. The SMILES string of the molecule is CC(C)CC(N)C(=O)NC(C)C(=O)NCc1ccc([N+](=O)[O-])cc1. The highest BCUT2D eigenvalue weighted by Crippen LogP contribution is 2.11. The van der Waals surface area contributed by atoms with Gasteiger partial charge in [-0.25, -0.2) is 0 Å². The van der Waals surface area contributed by atoms with E-state index in [-0.39, 0.29) is 30.0 Å². The standard InChI is InChI=1S/C16H24N4O4/c1-10(2)8-14(17)16(22)19-11(3)15(21)18-9-12-4-6-13(7-5-12)20(23)24/h4-7,10-11,14H,8-9,17H2,1-3H3,(H,18,21)(H,19,22). The smallest absolute Gasteiger partial charge is 0.269 e. The molecule has 1 aromatic carbocycles. The molecule has 0 fully saturated rings. The maximum Gasteiger partial charge on any atom is 0.269 e. The number of hydrogen-bond donors (Lipinski definition) is 3. The molecule has 0 heterocycles. The summed E-state index contributed by atoms with van der Waals surface area (Å²) < 4.78 is 0. The van der Waals surface area contributed by atoms with Gasteiger partial charge in [0, 0.05) is 18.7 Å². The number of amides is 2. The fraction of sp³-hybridized carbons (Fsp3) is 0.500. The van der Waals surface area contributed by atoms with Crippen LogP contribution in [0.1, 0.15) is 32.8 Å². The van der Waals surface area contributed by atoms with Crippen molar-refractivity contribution in [3.05, 3.63) is 39.9 Å². The Morgan fingerprint density at radius 3 is 2.25 bits per heavy atom. The minimum atomic E-state index is -0.714. The van der Waals surface area contributed by atoms with Crippen LogP contribution in [-0.2, 0) is 16.1 Å². The van der Waals surface area contributed by atoms with Crippen LogP contribution in [0.4, 0.5) is 5.69 Å². The third-order valence-corrected chi connectivity index (χ3v) is 3.43. The summed E-state index contributed by atoms with van der Waals surface area (Å²) in [6.45, 7) is 5.72. The molecule has 0 aliphatic carbocycles. The maximum atomic E-state index is 12.0. The van der Waals surface area contributed by atoms with Crippen LogP contribution in [0.15, 0.2) is 24.3 Å². The highest BCUT2D eigenvalue weighted by molar-refractivity contribution is 5.89. The number of nitro groups is 1. The van der Waals surface area contributed by atoms with Gasteiger partial charge in [-0.2, -0.15) is 0 Å². The number of benzene rings is 1. The van der Waals surface area contributed by atoms with Crippen LogP contribution in [0.5, 0.6) is 0 Å². The molecule has 0 aromatic heterocycles. The predicted octanol–water partition coefficient (Wildman–Crippen LogP) is 1.09. The lowest BCUT2D eigenvalue weighted by molar-refractivity contribution is -0.384. The largest absolute Gasteiger partial charge is 0.350 e. The molecular formula is C16H24N4O4. The van der Waals surface area contributed by atoms with Crippen molar-refractivity contribution in [1.82, 2.24) is 10.6 Å². The molecule has 132 valence electrons. The molecule has 0 aliphatic rings. The van der Waals surface area contributed by atoms with E-state index in [9.17, 15) is 19.7 Å². The molecule has 0 saturated carbocycles. The van der Waals surface area contributed by atoms with Gasteiger partial charge in [0.2, 0.25) is 11.8 Å². The van der Waals surface area contributed by atoms with Gasteiger partial charge in [0.05, 0.1) is 11.0 Å². The van der Waals surface area contributed by atoms with Crippen molar-refractivity contribution in [2.24, 2.45) is 11.7 Å². The van der Waals surface area contributed by atoms with Crippen LogP contribution in [0.3, 0.4) is 0 Å². The highest BCUT2D eigenvalue weighted by Gasteiger charge is 2.20. The van der Waals surface area contributed by atoms with Crippen molar-refractivity contribution in [1.29, 1.82) is 0 Å². The molecule has 8 heteroatoms. The van der Waals surface area contributed by atoms with E-state index in [1.54, 1.807) is 19.1 Å². The molecule has 8 nitrogen and oxygen atoms in total. The molecule has 0 spiro atoms. The fourth-order valence-corrected chi connectivity index (χ4v) is 2.08. The zero-order valence-electron chi connectivity index (χ0n) is 14.1. The monoisotopic (exact) mass is 336 g/mol. The van der Waals surface area contributed by atoms with Gasteiger partial charge >= 0.3 is 0 Å². The number of carbonyl (C=O) groups is 2. The molecule has 4 N–H and O–H groups in total. The summed E-state index contributed by atoms with van der Waals surface area (Å²) in [7, 11) is 0. The van der Waals surface area contributed by atoms with Crippen molar-refractivity contribution >= 4 is 17.5 Å². The fourth-order valence-electron chi connectivity index (χ4n) is 2.08. The molecule has 2 unspecified atom stereocenters. The summed E-state index contributed by atoms with van der Waals surface area (Å²) in [5.41, 5.74) is 6.49. The predicted molar refractivity (Wildman–Crippen MR) is 90.0 cm³/mol. The summed E-state index contributed by atoms with van der Waals surface area (Å²) in [6.07, 6.45) is 0.545. The van der Waals surface area contributed by atoms with E-state index in [1.807, 2.05) is 13.8 Å². The molecule has 0 radical (unpaired) electrons. The number of nitrogens with zero attached hydrogens (tertiary/aromatic N) is 1. The Balaban J connectivity index is 2.46. The average molecular weight is 336 g/mol. The Morgan fingerprint density at radius 1 is 1.17 bits per heavy atom. The van der Waals surface area contributed by atoms with Gasteiger partial charge < -0.3 is 16.4 Å². The lowest BCUT2D eigenvalue weighted by Gasteiger charge is -2.18. The second-order valence-corrected chi connectivity index (χ2v) is 6.11. The van der Waals surface area contributed by atoms with Crippen LogP contribution in [0, 0.1) is 16.0 Å². The number of nitrogens with two attached hydrogens (primary N) is 1. The van der Waals surface area contributed by atoms with Gasteiger partial charge in [0.15, 0.2) is 0 Å². The first-order valence-electron chi connectivity index (χ1n) is 7.77. The molecule has 1 aromatic rings. The van der Waals surface area contributed by atoms with E-state index in [2.05, 4.69) is 10.6 Å². The Labute approximate surface area is 140 Å². The number of non-ortho nitro benzene ring substituents is 1. The van der Waals surface area contributed by atoms with Crippen molar-refractivity contribution < 1.29 is 14.5 Å². The molecule has 0 aliphatic heterocycles. The Kier molecular flexibility index (Phi) is 7.31.